The minimum atomic E-state index is -0.417. The molecule has 0 aliphatic carbocycles. The summed E-state index contributed by atoms with van der Waals surface area (Å²) in [6, 6.07) is 3.10. The first kappa shape index (κ1) is 8.93. The van der Waals surface area contributed by atoms with Crippen molar-refractivity contribution in [2.45, 2.75) is 13.0 Å². The number of thiophene rings is 1. The first-order valence-electron chi connectivity index (χ1n) is 3.53. The molecule has 1 N–H and O–H groups in total. The smallest absolute Gasteiger partial charge is 0.261 e. The van der Waals surface area contributed by atoms with Crippen LogP contribution in [0.5, 0.6) is 0 Å². The van der Waals surface area contributed by atoms with Gasteiger partial charge in [-0.05, 0) is 18.4 Å². The summed E-state index contributed by atoms with van der Waals surface area (Å²) in [4.78, 5) is 22.0. The molecule has 0 spiro atoms. The molecule has 64 valence electrons. The van der Waals surface area contributed by atoms with Crippen LogP contribution in [0.4, 0.5) is 0 Å². The Bertz CT molecular complexity index is 269. The summed E-state index contributed by atoms with van der Waals surface area (Å²) in [5, 5.41) is 4.36. The van der Waals surface area contributed by atoms with Crippen molar-refractivity contribution in [3.8, 4) is 0 Å². The molecule has 1 aromatic rings. The molecular weight excluding hydrogens is 174 g/mol. The fourth-order valence-electron chi connectivity index (χ4n) is 0.720. The highest BCUT2D eigenvalue weighted by atomic mass is 32.1. The predicted molar refractivity (Wildman–Crippen MR) is 47.3 cm³/mol. The molecule has 12 heavy (non-hydrogen) atoms. The molecule has 0 saturated heterocycles. The molecule has 0 aliphatic rings. The highest BCUT2D eigenvalue weighted by molar-refractivity contribution is 7.12. The van der Waals surface area contributed by atoms with Crippen molar-refractivity contribution < 1.29 is 9.59 Å². The van der Waals surface area contributed by atoms with Crippen molar-refractivity contribution in [3.05, 3.63) is 22.4 Å². The number of hydrogen-bond donors (Lipinski definition) is 1. The van der Waals surface area contributed by atoms with E-state index in [-0.39, 0.29) is 5.91 Å². The Morgan fingerprint density at radius 2 is 2.50 bits per heavy atom. The Morgan fingerprint density at radius 3 is 3.00 bits per heavy atom. The Morgan fingerprint density at radius 1 is 1.75 bits per heavy atom. The lowest BCUT2D eigenvalue weighted by Crippen LogP contribution is -2.32. The number of carbonyl (C=O) groups is 2. The number of rotatable bonds is 3. The lowest BCUT2D eigenvalue weighted by atomic mass is 10.3. The lowest BCUT2D eigenvalue weighted by Gasteiger charge is -2.04. The summed E-state index contributed by atoms with van der Waals surface area (Å²) in [7, 11) is 0. The van der Waals surface area contributed by atoms with E-state index in [0.29, 0.717) is 11.2 Å². The van der Waals surface area contributed by atoms with Gasteiger partial charge in [0.25, 0.3) is 5.91 Å². The first-order valence-corrected chi connectivity index (χ1v) is 4.41. The van der Waals surface area contributed by atoms with Gasteiger partial charge >= 0.3 is 0 Å². The second-order valence-electron chi connectivity index (χ2n) is 2.38. The molecule has 3 nitrogen and oxygen atoms in total. The minimum absolute atomic E-state index is 0.190. The quantitative estimate of drug-likeness (QED) is 0.712. The Kier molecular flexibility index (Phi) is 2.99. The molecule has 0 fully saturated rings. The van der Waals surface area contributed by atoms with Crippen LogP contribution in [-0.2, 0) is 4.79 Å². The third kappa shape index (κ3) is 2.17. The van der Waals surface area contributed by atoms with Crippen LogP contribution in [-0.4, -0.2) is 18.2 Å². The van der Waals surface area contributed by atoms with Gasteiger partial charge < -0.3 is 10.1 Å². The Hall–Kier alpha value is -1.16. The van der Waals surface area contributed by atoms with Crippen LogP contribution in [0.1, 0.15) is 16.6 Å². The van der Waals surface area contributed by atoms with Crippen molar-refractivity contribution in [3.63, 3.8) is 0 Å². The molecule has 0 aromatic carbocycles. The average Bonchev–Trinajstić information content (AvgIpc) is 2.56. The normalized spacial score (nSPS) is 12.1. The van der Waals surface area contributed by atoms with Crippen molar-refractivity contribution in [1.29, 1.82) is 0 Å². The van der Waals surface area contributed by atoms with Gasteiger partial charge in [0.2, 0.25) is 0 Å². The van der Waals surface area contributed by atoms with Gasteiger partial charge in [-0.25, -0.2) is 0 Å². The number of carbonyl (C=O) groups excluding carboxylic acids is 2. The monoisotopic (exact) mass is 183 g/mol. The number of aldehydes is 1. The number of amides is 1. The topological polar surface area (TPSA) is 46.2 Å². The fraction of sp³-hybridized carbons (Fsp3) is 0.250. The van der Waals surface area contributed by atoms with E-state index < -0.39 is 6.04 Å². The standard InChI is InChI=1S/C8H9NO2S/c1-6(5-10)9-8(11)7-3-2-4-12-7/h2-6H,1H3,(H,9,11)/t6-/m0/s1. The van der Waals surface area contributed by atoms with Gasteiger partial charge in [0.05, 0.1) is 10.9 Å². The zero-order valence-corrected chi connectivity index (χ0v) is 7.43. The van der Waals surface area contributed by atoms with Crippen molar-refractivity contribution in [1.82, 2.24) is 5.32 Å². The second-order valence-corrected chi connectivity index (χ2v) is 3.32. The maximum absolute atomic E-state index is 11.2. The van der Waals surface area contributed by atoms with E-state index in [4.69, 9.17) is 0 Å². The Balaban J connectivity index is 2.55. The van der Waals surface area contributed by atoms with Crippen LogP contribution >= 0.6 is 11.3 Å². The van der Waals surface area contributed by atoms with E-state index >= 15 is 0 Å². The van der Waals surface area contributed by atoms with Crippen LogP contribution in [0.2, 0.25) is 0 Å². The van der Waals surface area contributed by atoms with Gasteiger partial charge in [0, 0.05) is 0 Å². The molecule has 0 saturated carbocycles. The third-order valence-corrected chi connectivity index (χ3v) is 2.18. The van der Waals surface area contributed by atoms with E-state index in [0.717, 1.165) is 0 Å². The molecule has 0 aliphatic heterocycles. The zero-order chi connectivity index (χ0) is 8.97. The first-order chi connectivity index (χ1) is 5.74. The van der Waals surface area contributed by atoms with Crippen LogP contribution < -0.4 is 5.32 Å². The van der Waals surface area contributed by atoms with Crippen molar-refractivity contribution in [2.24, 2.45) is 0 Å². The largest absolute Gasteiger partial charge is 0.342 e. The van der Waals surface area contributed by atoms with Crippen LogP contribution in [0, 0.1) is 0 Å². The van der Waals surface area contributed by atoms with Crippen LogP contribution in [0.25, 0.3) is 0 Å². The van der Waals surface area contributed by atoms with Gasteiger partial charge in [-0.3, -0.25) is 4.79 Å². The molecule has 1 aromatic heterocycles. The molecule has 4 heteroatoms. The number of nitrogens with one attached hydrogen (secondary N) is 1. The van der Waals surface area contributed by atoms with E-state index in [1.54, 1.807) is 19.1 Å². The van der Waals surface area contributed by atoms with Gasteiger partial charge in [0.1, 0.15) is 6.29 Å². The summed E-state index contributed by atoms with van der Waals surface area (Å²) >= 11 is 1.36. The summed E-state index contributed by atoms with van der Waals surface area (Å²) in [5.74, 6) is -0.190. The highest BCUT2D eigenvalue weighted by Crippen LogP contribution is 2.07. The molecule has 1 amide bonds. The maximum atomic E-state index is 11.2. The van der Waals surface area contributed by atoms with Crippen LogP contribution in [0.3, 0.4) is 0 Å². The summed E-state index contributed by atoms with van der Waals surface area (Å²) in [6.45, 7) is 1.64. The zero-order valence-electron chi connectivity index (χ0n) is 6.61. The van der Waals surface area contributed by atoms with Gasteiger partial charge in [-0.2, -0.15) is 0 Å². The highest BCUT2D eigenvalue weighted by Gasteiger charge is 2.08. The molecule has 1 atom stereocenters. The van der Waals surface area contributed by atoms with Crippen molar-refractivity contribution in [2.75, 3.05) is 0 Å². The van der Waals surface area contributed by atoms with Crippen LogP contribution in [0.15, 0.2) is 17.5 Å². The lowest BCUT2D eigenvalue weighted by molar-refractivity contribution is -0.109. The summed E-state index contributed by atoms with van der Waals surface area (Å²) < 4.78 is 0. The van der Waals surface area contributed by atoms with Gasteiger partial charge in [-0.1, -0.05) is 6.07 Å². The molecule has 0 unspecified atom stereocenters. The van der Waals surface area contributed by atoms with E-state index in [1.165, 1.54) is 11.3 Å². The second kappa shape index (κ2) is 4.01. The van der Waals surface area contributed by atoms with Gasteiger partial charge in [0.15, 0.2) is 0 Å². The minimum Gasteiger partial charge on any atom is -0.342 e. The fourth-order valence-corrected chi connectivity index (χ4v) is 1.35. The molecule has 0 bridgehead atoms. The molecule has 1 heterocycles. The van der Waals surface area contributed by atoms with E-state index in [1.807, 2.05) is 5.38 Å². The predicted octanol–water partition coefficient (Wildman–Crippen LogP) is 1.07. The van der Waals surface area contributed by atoms with Crippen molar-refractivity contribution >= 4 is 23.5 Å². The molecule has 0 radical (unpaired) electrons. The average molecular weight is 183 g/mol. The third-order valence-electron chi connectivity index (χ3n) is 1.31. The van der Waals surface area contributed by atoms with E-state index in [2.05, 4.69) is 5.32 Å². The number of hydrogen-bond acceptors (Lipinski definition) is 3. The molecular formula is C8H9NO2S. The van der Waals surface area contributed by atoms with E-state index in [9.17, 15) is 9.59 Å². The summed E-state index contributed by atoms with van der Waals surface area (Å²) in [6.07, 6.45) is 0.700. The SMILES string of the molecule is C[C@@H](C=O)NC(=O)c1cccs1. The maximum Gasteiger partial charge on any atom is 0.261 e. The Labute approximate surface area is 74.4 Å². The van der Waals surface area contributed by atoms with Gasteiger partial charge in [-0.15, -0.1) is 11.3 Å². The molecule has 1 rings (SSSR count). The summed E-state index contributed by atoms with van der Waals surface area (Å²) in [5.41, 5.74) is 0.